The molecule has 3 aromatic rings. The maximum absolute atomic E-state index is 12.4. The average Bonchev–Trinajstić information content (AvgIpc) is 2.61. The monoisotopic (exact) mass is 332 g/mol. The number of benzene rings is 2. The van der Waals surface area contributed by atoms with Gasteiger partial charge in [-0.15, -0.1) is 0 Å². The summed E-state index contributed by atoms with van der Waals surface area (Å²) >= 11 is 0. The fraction of sp³-hybridized carbons (Fsp3) is 0.150. The molecule has 0 bridgehead atoms. The van der Waals surface area contributed by atoms with Gasteiger partial charge in [-0.2, -0.15) is 0 Å². The van der Waals surface area contributed by atoms with Gasteiger partial charge >= 0.3 is 0 Å². The molecule has 2 aromatic carbocycles. The third-order valence-electron chi connectivity index (χ3n) is 4.03. The minimum absolute atomic E-state index is 0.222. The number of carbonyl (C=O) groups is 1. The van der Waals surface area contributed by atoms with Crippen molar-refractivity contribution in [1.82, 2.24) is 9.97 Å². The van der Waals surface area contributed by atoms with Gasteiger partial charge in [0.15, 0.2) is 0 Å². The van der Waals surface area contributed by atoms with Crippen LogP contribution in [-0.2, 0) is 0 Å². The second-order valence-corrected chi connectivity index (χ2v) is 5.96. The number of rotatable bonds is 4. The molecule has 0 aliphatic carbocycles. The molecule has 3 rings (SSSR count). The Morgan fingerprint density at radius 2 is 1.44 bits per heavy atom. The van der Waals surface area contributed by atoms with E-state index in [1.54, 1.807) is 0 Å². The van der Waals surface area contributed by atoms with Crippen molar-refractivity contribution < 1.29 is 4.79 Å². The summed E-state index contributed by atoms with van der Waals surface area (Å²) in [5, 5.41) is 6.09. The van der Waals surface area contributed by atoms with Crippen molar-refractivity contribution in [1.29, 1.82) is 0 Å². The summed E-state index contributed by atoms with van der Waals surface area (Å²) in [4.78, 5) is 20.9. The first-order valence-electron chi connectivity index (χ1n) is 8.07. The topological polar surface area (TPSA) is 66.9 Å². The molecule has 0 aliphatic rings. The lowest BCUT2D eigenvalue weighted by Crippen LogP contribution is -2.14. The number of hydrogen-bond acceptors (Lipinski definition) is 4. The largest absolute Gasteiger partial charge is 0.324 e. The average molecular weight is 332 g/mol. The van der Waals surface area contributed by atoms with Crippen molar-refractivity contribution in [3.05, 3.63) is 77.1 Å². The van der Waals surface area contributed by atoms with E-state index < -0.39 is 0 Å². The lowest BCUT2D eigenvalue weighted by atomic mass is 10.1. The summed E-state index contributed by atoms with van der Waals surface area (Å²) in [7, 11) is 0. The van der Waals surface area contributed by atoms with Crippen LogP contribution in [0.2, 0.25) is 0 Å². The van der Waals surface area contributed by atoms with Crippen LogP contribution in [-0.4, -0.2) is 15.9 Å². The smallest absolute Gasteiger partial charge is 0.258 e. The molecule has 1 heterocycles. The van der Waals surface area contributed by atoms with Gasteiger partial charge in [-0.3, -0.25) is 4.79 Å². The van der Waals surface area contributed by atoms with Crippen molar-refractivity contribution >= 4 is 23.2 Å². The lowest BCUT2D eigenvalue weighted by molar-refractivity contribution is 0.102. The van der Waals surface area contributed by atoms with Crippen LogP contribution < -0.4 is 10.6 Å². The van der Waals surface area contributed by atoms with Crippen LogP contribution in [0.15, 0.2) is 54.9 Å². The van der Waals surface area contributed by atoms with Crippen molar-refractivity contribution in [2.45, 2.75) is 20.8 Å². The predicted molar refractivity (Wildman–Crippen MR) is 100 cm³/mol. The molecule has 0 aliphatic heterocycles. The molecule has 0 unspecified atom stereocenters. The molecule has 0 atom stereocenters. The Hall–Kier alpha value is -3.21. The number of anilines is 3. The summed E-state index contributed by atoms with van der Waals surface area (Å²) in [6.07, 6.45) is 3.05. The van der Waals surface area contributed by atoms with Crippen LogP contribution >= 0.6 is 0 Å². The highest BCUT2D eigenvalue weighted by Gasteiger charge is 2.11. The van der Waals surface area contributed by atoms with Gasteiger partial charge in [0.1, 0.15) is 0 Å². The highest BCUT2D eigenvalue weighted by molar-refractivity contribution is 6.04. The molecule has 0 saturated carbocycles. The highest BCUT2D eigenvalue weighted by atomic mass is 16.1. The van der Waals surface area contributed by atoms with E-state index in [9.17, 15) is 4.79 Å². The number of hydrogen-bond donors (Lipinski definition) is 2. The van der Waals surface area contributed by atoms with Crippen LogP contribution in [0.4, 0.5) is 17.3 Å². The maximum Gasteiger partial charge on any atom is 0.258 e. The number of nitrogens with zero attached hydrogens (tertiary/aromatic N) is 2. The first kappa shape index (κ1) is 16.6. The van der Waals surface area contributed by atoms with Crippen LogP contribution in [0.3, 0.4) is 0 Å². The summed E-state index contributed by atoms with van der Waals surface area (Å²) in [5.41, 5.74) is 5.32. The normalized spacial score (nSPS) is 10.4. The van der Waals surface area contributed by atoms with Gasteiger partial charge in [0.25, 0.3) is 5.91 Å². The zero-order valence-corrected chi connectivity index (χ0v) is 14.5. The zero-order valence-electron chi connectivity index (χ0n) is 14.5. The Morgan fingerprint density at radius 3 is 2.08 bits per heavy atom. The SMILES string of the molecule is Cc1ccccc1Nc1ncc(C(=O)Nc2c(C)cccc2C)cn1. The number of para-hydroxylation sites is 2. The second kappa shape index (κ2) is 7.13. The zero-order chi connectivity index (χ0) is 17.8. The van der Waals surface area contributed by atoms with Gasteiger partial charge in [0.05, 0.1) is 5.56 Å². The van der Waals surface area contributed by atoms with Crippen molar-refractivity contribution in [2.75, 3.05) is 10.6 Å². The van der Waals surface area contributed by atoms with Crippen LogP contribution in [0.25, 0.3) is 0 Å². The summed E-state index contributed by atoms with van der Waals surface area (Å²) in [5.74, 6) is 0.234. The van der Waals surface area contributed by atoms with Gasteiger partial charge < -0.3 is 10.6 Å². The minimum atomic E-state index is -0.222. The first-order chi connectivity index (χ1) is 12.0. The van der Waals surface area contributed by atoms with Crippen LogP contribution in [0, 0.1) is 20.8 Å². The summed E-state index contributed by atoms with van der Waals surface area (Å²) in [6, 6.07) is 13.8. The standard InChI is InChI=1S/C20H20N4O/c1-13-7-4-5-10-17(13)23-20-21-11-16(12-22-20)19(25)24-18-14(2)8-6-9-15(18)3/h4-12H,1-3H3,(H,24,25)(H,21,22,23). The molecule has 126 valence electrons. The fourth-order valence-corrected chi connectivity index (χ4v) is 2.54. The van der Waals surface area contributed by atoms with Crippen LogP contribution in [0.5, 0.6) is 0 Å². The Balaban J connectivity index is 1.74. The summed E-state index contributed by atoms with van der Waals surface area (Å²) < 4.78 is 0. The van der Waals surface area contributed by atoms with E-state index >= 15 is 0 Å². The molecule has 0 radical (unpaired) electrons. The Morgan fingerprint density at radius 1 is 0.840 bits per heavy atom. The minimum Gasteiger partial charge on any atom is -0.324 e. The van der Waals surface area contributed by atoms with Gasteiger partial charge in [0.2, 0.25) is 5.95 Å². The van der Waals surface area contributed by atoms with Crippen molar-refractivity contribution in [3.63, 3.8) is 0 Å². The predicted octanol–water partition coefficient (Wildman–Crippen LogP) is 4.40. The quantitative estimate of drug-likeness (QED) is 0.743. The van der Waals surface area contributed by atoms with E-state index in [1.807, 2.05) is 63.2 Å². The van der Waals surface area contributed by atoms with E-state index in [2.05, 4.69) is 20.6 Å². The Kier molecular flexibility index (Phi) is 4.75. The van der Waals surface area contributed by atoms with Gasteiger partial charge in [-0.1, -0.05) is 36.4 Å². The van der Waals surface area contributed by atoms with Gasteiger partial charge in [0, 0.05) is 23.8 Å². The molecule has 1 aromatic heterocycles. The first-order valence-corrected chi connectivity index (χ1v) is 8.07. The van der Waals surface area contributed by atoms with E-state index in [1.165, 1.54) is 12.4 Å². The van der Waals surface area contributed by atoms with Gasteiger partial charge in [-0.25, -0.2) is 9.97 Å². The van der Waals surface area contributed by atoms with Crippen LogP contribution in [0.1, 0.15) is 27.0 Å². The second-order valence-electron chi connectivity index (χ2n) is 5.96. The van der Waals surface area contributed by atoms with Crippen molar-refractivity contribution in [2.24, 2.45) is 0 Å². The molecule has 2 N–H and O–H groups in total. The molecule has 5 heteroatoms. The van der Waals surface area contributed by atoms with E-state index in [0.717, 1.165) is 28.1 Å². The lowest BCUT2D eigenvalue weighted by Gasteiger charge is -2.11. The molecule has 5 nitrogen and oxygen atoms in total. The highest BCUT2D eigenvalue weighted by Crippen LogP contribution is 2.21. The number of nitrogens with one attached hydrogen (secondary N) is 2. The van der Waals surface area contributed by atoms with E-state index in [-0.39, 0.29) is 5.91 Å². The van der Waals surface area contributed by atoms with Gasteiger partial charge in [-0.05, 0) is 43.5 Å². The third-order valence-corrected chi connectivity index (χ3v) is 4.03. The molecular weight excluding hydrogens is 312 g/mol. The number of amides is 1. The molecular formula is C20H20N4O. The molecule has 25 heavy (non-hydrogen) atoms. The maximum atomic E-state index is 12.4. The summed E-state index contributed by atoms with van der Waals surface area (Å²) in [6.45, 7) is 5.94. The Bertz CT molecular complexity index is 884. The molecule has 0 fully saturated rings. The van der Waals surface area contributed by atoms with E-state index in [4.69, 9.17) is 0 Å². The molecule has 0 spiro atoms. The third kappa shape index (κ3) is 3.83. The fourth-order valence-electron chi connectivity index (χ4n) is 2.54. The Labute approximate surface area is 147 Å². The molecule has 0 saturated heterocycles. The van der Waals surface area contributed by atoms with Crippen molar-refractivity contribution in [3.8, 4) is 0 Å². The number of carbonyl (C=O) groups excluding carboxylic acids is 1. The number of aryl methyl sites for hydroxylation is 3. The van der Waals surface area contributed by atoms with E-state index in [0.29, 0.717) is 11.5 Å². The molecule has 1 amide bonds. The number of aromatic nitrogens is 2.